The summed E-state index contributed by atoms with van der Waals surface area (Å²) in [5, 5.41) is 6.01. The lowest BCUT2D eigenvalue weighted by molar-refractivity contribution is -0.276. The van der Waals surface area contributed by atoms with Gasteiger partial charge in [0.25, 0.3) is 5.60 Å². The number of rotatable bonds is 7. The molecule has 15 heteroatoms. The number of carbonyl (C=O) groups is 1. The Labute approximate surface area is 224 Å². The minimum absolute atomic E-state index is 0.0628. The van der Waals surface area contributed by atoms with Crippen LogP contribution >= 0.6 is 31.9 Å². The molecule has 2 aromatic carbocycles. The summed E-state index contributed by atoms with van der Waals surface area (Å²) >= 11 is 6.09. The van der Waals surface area contributed by atoms with Crippen LogP contribution in [0.4, 0.5) is 26.3 Å². The number of carbonyl (C=O) groups excluding carboxylic acids is 1. The van der Waals surface area contributed by atoms with Crippen molar-refractivity contribution in [1.29, 1.82) is 0 Å². The molecule has 202 valence electrons. The molecule has 0 radical (unpaired) electrons. The highest BCUT2D eigenvalue weighted by atomic mass is 79.9. The van der Waals surface area contributed by atoms with Gasteiger partial charge in [0.1, 0.15) is 5.75 Å². The summed E-state index contributed by atoms with van der Waals surface area (Å²) in [7, 11) is -3.52. The van der Waals surface area contributed by atoms with E-state index in [1.165, 1.54) is 25.1 Å². The number of benzene rings is 2. The lowest BCUT2D eigenvalue weighted by atomic mass is 9.85. The highest BCUT2D eigenvalue weighted by Crippen LogP contribution is 2.50. The highest BCUT2D eigenvalue weighted by Gasteiger charge is 2.62. The molecular formula is C22H18Br2F6N2O4S. The van der Waals surface area contributed by atoms with Gasteiger partial charge < -0.3 is 10.2 Å². The maximum atomic E-state index is 14.2. The van der Waals surface area contributed by atoms with Gasteiger partial charge in [0.05, 0.1) is 11.3 Å². The quantitative estimate of drug-likeness (QED) is 0.372. The van der Waals surface area contributed by atoms with Crippen molar-refractivity contribution >= 4 is 53.3 Å². The number of hydrogen-bond donors (Lipinski definition) is 1. The molecule has 1 amide bonds. The Kier molecular flexibility index (Phi) is 8.40. The van der Waals surface area contributed by atoms with Gasteiger partial charge in [-0.05, 0) is 29.8 Å². The highest BCUT2D eigenvalue weighted by molar-refractivity contribution is 9.10. The number of nitrogens with zero attached hydrogens (tertiary/aromatic N) is 1. The largest absolute Gasteiger partial charge is 0.435 e. The second-order valence-electron chi connectivity index (χ2n) is 8.12. The molecule has 37 heavy (non-hydrogen) atoms. The number of nitrogens with one attached hydrogen (secondary N) is 1. The van der Waals surface area contributed by atoms with E-state index in [4.69, 9.17) is 4.84 Å². The van der Waals surface area contributed by atoms with E-state index in [9.17, 15) is 39.6 Å². The Bertz CT molecular complexity index is 1350. The monoisotopic (exact) mass is 678 g/mol. The van der Waals surface area contributed by atoms with Crippen molar-refractivity contribution in [3.8, 4) is 0 Å². The fourth-order valence-corrected chi connectivity index (χ4v) is 5.18. The van der Waals surface area contributed by atoms with Gasteiger partial charge >= 0.3 is 12.4 Å². The summed E-state index contributed by atoms with van der Waals surface area (Å²) in [6.07, 6.45) is -10.9. The zero-order valence-corrected chi connectivity index (χ0v) is 22.8. The van der Waals surface area contributed by atoms with Crippen molar-refractivity contribution in [2.75, 3.05) is 11.5 Å². The predicted octanol–water partition coefficient (Wildman–Crippen LogP) is 5.86. The molecule has 0 bridgehead atoms. The SMILES string of the molecule is CCS(=O)(=O)CC(=O)NCc1ccc(C2=NOC(c3cc(Br)cc(C(F)(F)F)c3)(C(F)(F)F)C2)cc1Br. The summed E-state index contributed by atoms with van der Waals surface area (Å²) in [6.45, 7) is 1.35. The second-order valence-corrected chi connectivity index (χ2v) is 12.2. The summed E-state index contributed by atoms with van der Waals surface area (Å²) in [4.78, 5) is 16.7. The van der Waals surface area contributed by atoms with Crippen LogP contribution in [0, 0.1) is 0 Å². The average Bonchev–Trinajstić information content (AvgIpc) is 3.24. The average molecular weight is 680 g/mol. The third-order valence-electron chi connectivity index (χ3n) is 5.53. The van der Waals surface area contributed by atoms with Crippen LogP contribution in [0.5, 0.6) is 0 Å². The van der Waals surface area contributed by atoms with E-state index in [0.29, 0.717) is 22.2 Å². The molecule has 1 heterocycles. The summed E-state index contributed by atoms with van der Waals surface area (Å²) < 4.78 is 106. The van der Waals surface area contributed by atoms with Crippen LogP contribution in [0.15, 0.2) is 50.5 Å². The molecule has 1 N–H and O–H groups in total. The maximum Gasteiger partial charge on any atom is 0.435 e. The molecule has 1 aliphatic heterocycles. The van der Waals surface area contributed by atoms with Crippen LogP contribution in [-0.4, -0.2) is 37.7 Å². The minimum atomic E-state index is -5.11. The molecule has 0 saturated heterocycles. The topological polar surface area (TPSA) is 84.8 Å². The normalized spacial score (nSPS) is 18.4. The zero-order valence-electron chi connectivity index (χ0n) is 18.8. The first-order chi connectivity index (χ1) is 17.0. The van der Waals surface area contributed by atoms with Crippen LogP contribution in [0.1, 0.15) is 35.6 Å². The minimum Gasteiger partial charge on any atom is -0.374 e. The van der Waals surface area contributed by atoms with Crippen LogP contribution in [0.2, 0.25) is 0 Å². The molecule has 0 aliphatic carbocycles. The van der Waals surface area contributed by atoms with E-state index >= 15 is 0 Å². The number of hydrogen-bond acceptors (Lipinski definition) is 5. The van der Waals surface area contributed by atoms with Crippen molar-refractivity contribution in [3.63, 3.8) is 0 Å². The Morgan fingerprint density at radius 3 is 2.35 bits per heavy atom. The standard InChI is InChI=1S/C22H18Br2F6N2O4S/c1-2-37(34,35)11-19(33)31-10-13-4-3-12(5-17(13)24)18-9-20(36-32-18,22(28,29)30)14-6-15(21(25,26)27)8-16(23)7-14/h3-8H,2,9-11H2,1H3,(H,31,33). The van der Waals surface area contributed by atoms with Crippen LogP contribution in [-0.2, 0) is 37.8 Å². The second kappa shape index (κ2) is 10.6. The van der Waals surface area contributed by atoms with Crippen LogP contribution < -0.4 is 5.32 Å². The van der Waals surface area contributed by atoms with Crippen molar-refractivity contribution in [2.24, 2.45) is 5.16 Å². The smallest absolute Gasteiger partial charge is 0.374 e. The van der Waals surface area contributed by atoms with Crippen molar-refractivity contribution in [1.82, 2.24) is 5.32 Å². The number of alkyl halides is 6. The van der Waals surface area contributed by atoms with Crippen LogP contribution in [0.3, 0.4) is 0 Å². The fourth-order valence-electron chi connectivity index (χ4n) is 3.46. The van der Waals surface area contributed by atoms with Gasteiger partial charge in [-0.15, -0.1) is 0 Å². The molecule has 0 aromatic heterocycles. The molecule has 0 saturated carbocycles. The maximum absolute atomic E-state index is 14.2. The Balaban J connectivity index is 1.85. The number of sulfone groups is 1. The number of amides is 1. The van der Waals surface area contributed by atoms with Gasteiger partial charge in [0.15, 0.2) is 9.84 Å². The van der Waals surface area contributed by atoms with E-state index in [1.54, 1.807) is 0 Å². The van der Waals surface area contributed by atoms with Crippen LogP contribution in [0.25, 0.3) is 0 Å². The van der Waals surface area contributed by atoms with Gasteiger partial charge in [-0.2, -0.15) is 26.3 Å². The molecule has 6 nitrogen and oxygen atoms in total. The number of oxime groups is 1. The van der Waals surface area contributed by atoms with Gasteiger partial charge in [0, 0.05) is 38.8 Å². The third-order valence-corrected chi connectivity index (χ3v) is 8.31. The fraction of sp³-hybridized carbons (Fsp3) is 0.364. The van der Waals surface area contributed by atoms with E-state index < -0.39 is 57.0 Å². The summed E-state index contributed by atoms with van der Waals surface area (Å²) in [6, 6.07) is 6.26. The Hall–Kier alpha value is -2.13. The van der Waals surface area contributed by atoms with Gasteiger partial charge in [-0.1, -0.05) is 56.1 Å². The lowest BCUT2D eigenvalue weighted by Gasteiger charge is -2.30. The van der Waals surface area contributed by atoms with Crippen molar-refractivity contribution in [3.05, 3.63) is 67.6 Å². The molecule has 0 spiro atoms. The first kappa shape index (κ1) is 29.4. The Morgan fingerprint density at radius 2 is 1.78 bits per heavy atom. The lowest BCUT2D eigenvalue weighted by Crippen LogP contribution is -2.43. The molecule has 0 fully saturated rings. The first-order valence-corrected chi connectivity index (χ1v) is 13.8. The van der Waals surface area contributed by atoms with E-state index in [1.807, 2.05) is 0 Å². The van der Waals surface area contributed by atoms with Crippen molar-refractivity contribution < 1.29 is 44.4 Å². The molecular weight excluding hydrogens is 662 g/mol. The third kappa shape index (κ3) is 6.66. The summed E-state index contributed by atoms with van der Waals surface area (Å²) in [5.41, 5.74) is -4.65. The van der Waals surface area contributed by atoms with E-state index in [0.717, 1.165) is 6.07 Å². The zero-order chi connectivity index (χ0) is 27.8. The predicted molar refractivity (Wildman–Crippen MR) is 129 cm³/mol. The van der Waals surface area contributed by atoms with Gasteiger partial charge in [-0.25, -0.2) is 8.42 Å². The van der Waals surface area contributed by atoms with Gasteiger partial charge in [0.2, 0.25) is 5.91 Å². The van der Waals surface area contributed by atoms with E-state index in [2.05, 4.69) is 42.3 Å². The first-order valence-electron chi connectivity index (χ1n) is 10.4. The van der Waals surface area contributed by atoms with Gasteiger partial charge in [-0.3, -0.25) is 4.79 Å². The Morgan fingerprint density at radius 1 is 1.11 bits per heavy atom. The van der Waals surface area contributed by atoms with Crippen molar-refractivity contribution in [2.45, 2.75) is 37.8 Å². The molecule has 3 rings (SSSR count). The molecule has 1 aliphatic rings. The molecule has 1 atom stereocenters. The van der Waals surface area contributed by atoms with E-state index in [-0.39, 0.29) is 28.0 Å². The molecule has 2 aromatic rings. The number of halogens is 8. The summed E-state index contributed by atoms with van der Waals surface area (Å²) in [5.74, 6) is -1.59. The molecule has 1 unspecified atom stereocenters.